The van der Waals surface area contributed by atoms with E-state index in [1.165, 1.54) is 12.8 Å². The molecule has 2 aliphatic heterocycles. The number of fused-ring (bicyclic) bond motifs is 1. The van der Waals surface area contributed by atoms with Crippen LogP contribution in [0.2, 0.25) is 0 Å². The fourth-order valence-electron chi connectivity index (χ4n) is 3.69. The second kappa shape index (κ2) is 9.17. The number of aliphatic carboxylic acids is 1. The number of ether oxygens (including phenoxy) is 1. The maximum Gasteiger partial charge on any atom is 0.490 e. The third-order valence-electron chi connectivity index (χ3n) is 5.40. The minimum Gasteiger partial charge on any atom is -0.475 e. The summed E-state index contributed by atoms with van der Waals surface area (Å²) in [5, 5.41) is 10.2. The summed E-state index contributed by atoms with van der Waals surface area (Å²) in [5.74, 6) is -0.942. The van der Waals surface area contributed by atoms with E-state index in [2.05, 4.69) is 10.2 Å². The van der Waals surface area contributed by atoms with Crippen LogP contribution in [0.15, 0.2) is 22.8 Å². The lowest BCUT2D eigenvalue weighted by Crippen LogP contribution is -2.47. The number of alkyl halides is 3. The molecule has 0 aromatic carbocycles. The maximum atomic E-state index is 12.2. The molecule has 29 heavy (non-hydrogen) atoms. The van der Waals surface area contributed by atoms with Crippen molar-refractivity contribution in [2.45, 2.75) is 63.1 Å². The van der Waals surface area contributed by atoms with Crippen LogP contribution >= 0.6 is 0 Å². The molecule has 1 saturated carbocycles. The molecule has 1 aromatic heterocycles. The Morgan fingerprint density at radius 3 is 2.52 bits per heavy atom. The standard InChI is InChI=1S/C17H24N2O3.C2HF3O2/c20-17(18-10-12-3-4-12)16-6-5-14-15(22-16)7-8-19(14)11-13-2-1-9-21-13;3-2(4,5)1(6)7/h1-2,9,12,14-16H,3-8,10-11H2,(H,18,20);(H,6,7)/t14-,15-,16+;/m1./s1. The average molecular weight is 418 g/mol. The quantitative estimate of drug-likeness (QED) is 0.764. The molecule has 0 spiro atoms. The van der Waals surface area contributed by atoms with Gasteiger partial charge in [0.25, 0.3) is 0 Å². The van der Waals surface area contributed by atoms with Gasteiger partial charge < -0.3 is 19.6 Å². The van der Waals surface area contributed by atoms with E-state index in [1.54, 1.807) is 6.26 Å². The fourth-order valence-corrected chi connectivity index (χ4v) is 3.69. The number of furan rings is 1. The van der Waals surface area contributed by atoms with Crippen molar-refractivity contribution in [1.82, 2.24) is 10.2 Å². The van der Waals surface area contributed by atoms with Crippen molar-refractivity contribution in [2.24, 2.45) is 5.92 Å². The Labute approximate surface area is 166 Å². The van der Waals surface area contributed by atoms with Crippen LogP contribution in [-0.2, 0) is 20.9 Å². The Hall–Kier alpha value is -2.07. The molecular weight excluding hydrogens is 393 g/mol. The Balaban J connectivity index is 0.000000298. The first-order valence-corrected chi connectivity index (χ1v) is 9.73. The van der Waals surface area contributed by atoms with Gasteiger partial charge in [-0.15, -0.1) is 0 Å². The fraction of sp³-hybridized carbons (Fsp3) is 0.684. The number of carbonyl (C=O) groups is 2. The molecule has 3 heterocycles. The van der Waals surface area contributed by atoms with Crippen molar-refractivity contribution >= 4 is 11.9 Å². The van der Waals surface area contributed by atoms with E-state index < -0.39 is 12.1 Å². The predicted octanol–water partition coefficient (Wildman–Crippen LogP) is 2.56. The number of nitrogens with zero attached hydrogens (tertiary/aromatic N) is 1. The van der Waals surface area contributed by atoms with Gasteiger partial charge in [0.15, 0.2) is 0 Å². The van der Waals surface area contributed by atoms with Crippen LogP contribution in [0.4, 0.5) is 13.2 Å². The van der Waals surface area contributed by atoms with E-state index in [0.717, 1.165) is 50.6 Å². The summed E-state index contributed by atoms with van der Waals surface area (Å²) in [6.07, 6.45) is 1.98. The van der Waals surface area contributed by atoms with E-state index in [4.69, 9.17) is 19.1 Å². The van der Waals surface area contributed by atoms with Gasteiger partial charge in [0.1, 0.15) is 11.9 Å². The predicted molar refractivity (Wildman–Crippen MR) is 94.8 cm³/mol. The van der Waals surface area contributed by atoms with Crippen molar-refractivity contribution in [3.05, 3.63) is 24.2 Å². The van der Waals surface area contributed by atoms with E-state index in [0.29, 0.717) is 6.04 Å². The lowest BCUT2D eigenvalue weighted by Gasteiger charge is -2.35. The first-order valence-electron chi connectivity index (χ1n) is 9.73. The summed E-state index contributed by atoms with van der Waals surface area (Å²) >= 11 is 0. The number of amides is 1. The van der Waals surface area contributed by atoms with Gasteiger partial charge in [-0.25, -0.2) is 4.79 Å². The van der Waals surface area contributed by atoms with E-state index >= 15 is 0 Å². The van der Waals surface area contributed by atoms with Crippen molar-refractivity contribution < 1.29 is 37.0 Å². The molecule has 4 rings (SSSR count). The van der Waals surface area contributed by atoms with Crippen molar-refractivity contribution in [2.75, 3.05) is 13.1 Å². The van der Waals surface area contributed by atoms with Crippen LogP contribution in [0.5, 0.6) is 0 Å². The molecule has 3 aliphatic rings. The van der Waals surface area contributed by atoms with Crippen LogP contribution in [-0.4, -0.2) is 59.4 Å². The Morgan fingerprint density at radius 1 is 1.21 bits per heavy atom. The molecule has 1 aliphatic carbocycles. The molecule has 1 amide bonds. The smallest absolute Gasteiger partial charge is 0.475 e. The normalized spacial score (nSPS) is 26.9. The molecule has 0 unspecified atom stereocenters. The van der Waals surface area contributed by atoms with Crippen molar-refractivity contribution in [3.8, 4) is 0 Å². The molecule has 0 bridgehead atoms. The third kappa shape index (κ3) is 6.20. The zero-order valence-corrected chi connectivity index (χ0v) is 15.9. The lowest BCUT2D eigenvalue weighted by atomic mass is 9.98. The van der Waals surface area contributed by atoms with Gasteiger partial charge >= 0.3 is 12.1 Å². The summed E-state index contributed by atoms with van der Waals surface area (Å²) in [7, 11) is 0. The highest BCUT2D eigenvalue weighted by Gasteiger charge is 2.42. The number of carboxylic acid groups (broad SMARTS) is 1. The van der Waals surface area contributed by atoms with Crippen LogP contribution in [0, 0.1) is 5.92 Å². The van der Waals surface area contributed by atoms with Crippen molar-refractivity contribution in [1.29, 1.82) is 0 Å². The monoisotopic (exact) mass is 418 g/mol. The summed E-state index contributed by atoms with van der Waals surface area (Å²) in [6.45, 7) is 2.69. The van der Waals surface area contributed by atoms with Crippen LogP contribution in [0.3, 0.4) is 0 Å². The average Bonchev–Trinajstić information content (AvgIpc) is 3.20. The highest BCUT2D eigenvalue weighted by Crippen LogP contribution is 2.33. The highest BCUT2D eigenvalue weighted by atomic mass is 19.4. The van der Waals surface area contributed by atoms with Crippen molar-refractivity contribution in [3.63, 3.8) is 0 Å². The maximum absolute atomic E-state index is 12.2. The summed E-state index contributed by atoms with van der Waals surface area (Å²) in [4.78, 5) is 23.5. The molecule has 3 atom stereocenters. The largest absolute Gasteiger partial charge is 0.490 e. The number of nitrogens with one attached hydrogen (secondary N) is 1. The minimum absolute atomic E-state index is 0.0924. The van der Waals surface area contributed by atoms with E-state index in [9.17, 15) is 18.0 Å². The van der Waals surface area contributed by atoms with Gasteiger partial charge in [0, 0.05) is 19.1 Å². The number of carbonyl (C=O) groups excluding carboxylic acids is 1. The third-order valence-corrected chi connectivity index (χ3v) is 5.40. The van der Waals surface area contributed by atoms with Crippen LogP contribution in [0.1, 0.15) is 37.9 Å². The number of carboxylic acids is 1. The first-order chi connectivity index (χ1) is 13.7. The minimum atomic E-state index is -5.08. The Bertz CT molecular complexity index is 691. The number of likely N-dealkylation sites (tertiary alicyclic amines) is 1. The summed E-state index contributed by atoms with van der Waals surface area (Å²) < 4.78 is 43.3. The molecule has 10 heteroatoms. The highest BCUT2D eigenvalue weighted by molar-refractivity contribution is 5.80. The molecule has 0 radical (unpaired) electrons. The van der Waals surface area contributed by atoms with Gasteiger partial charge in [-0.1, -0.05) is 0 Å². The molecule has 2 saturated heterocycles. The van der Waals surface area contributed by atoms with Crippen LogP contribution in [0.25, 0.3) is 0 Å². The second-order valence-electron chi connectivity index (χ2n) is 7.64. The molecule has 7 nitrogen and oxygen atoms in total. The number of hydrogen-bond acceptors (Lipinski definition) is 5. The number of rotatable bonds is 5. The summed E-state index contributed by atoms with van der Waals surface area (Å²) in [5.41, 5.74) is 0. The zero-order chi connectivity index (χ0) is 21.0. The molecule has 2 N–H and O–H groups in total. The molecule has 1 aromatic rings. The number of halogens is 3. The molecule has 3 fully saturated rings. The van der Waals surface area contributed by atoms with Gasteiger partial charge in [-0.3, -0.25) is 9.69 Å². The first kappa shape index (κ1) is 21.6. The molecule has 162 valence electrons. The molecular formula is C19H25F3N2O5. The SMILES string of the molecule is O=C(NCC1CC1)[C@@H]1CC[C@@H]2[C@@H](CCN2Cc2ccco2)O1.O=C(O)C(F)(F)F. The van der Waals surface area contributed by atoms with E-state index in [-0.39, 0.29) is 18.1 Å². The lowest BCUT2D eigenvalue weighted by molar-refractivity contribution is -0.192. The zero-order valence-electron chi connectivity index (χ0n) is 15.9. The second-order valence-corrected chi connectivity index (χ2v) is 7.64. The Morgan fingerprint density at radius 2 is 1.93 bits per heavy atom. The van der Waals surface area contributed by atoms with Gasteiger partial charge in [0.2, 0.25) is 5.91 Å². The van der Waals surface area contributed by atoms with Gasteiger partial charge in [0.05, 0.1) is 18.9 Å². The van der Waals surface area contributed by atoms with Gasteiger partial charge in [-0.2, -0.15) is 13.2 Å². The topological polar surface area (TPSA) is 92.0 Å². The summed E-state index contributed by atoms with van der Waals surface area (Å²) in [6, 6.07) is 4.38. The Kier molecular flexibility index (Phi) is 6.84. The number of hydrogen-bond donors (Lipinski definition) is 2. The van der Waals surface area contributed by atoms with Crippen LogP contribution < -0.4 is 5.32 Å². The van der Waals surface area contributed by atoms with E-state index in [1.807, 2.05) is 12.1 Å². The van der Waals surface area contributed by atoms with Gasteiger partial charge in [-0.05, 0) is 50.2 Å².